The van der Waals surface area contributed by atoms with Crippen LogP contribution in [0.15, 0.2) is 23.1 Å². The van der Waals surface area contributed by atoms with Gasteiger partial charge in [0.1, 0.15) is 0 Å². The molecule has 1 aromatic rings. The van der Waals surface area contributed by atoms with Crippen LogP contribution in [-0.2, 0) is 16.6 Å². The molecule has 0 bridgehead atoms. The fourth-order valence-corrected chi connectivity index (χ4v) is 2.96. The number of benzene rings is 1. The molecule has 1 rings (SSSR count). The Labute approximate surface area is 103 Å². The van der Waals surface area contributed by atoms with Crippen molar-refractivity contribution in [2.45, 2.75) is 31.7 Å². The first kappa shape index (κ1) is 14.2. The lowest BCUT2D eigenvalue weighted by Crippen LogP contribution is -2.27. The van der Waals surface area contributed by atoms with Gasteiger partial charge >= 0.3 is 0 Å². The van der Waals surface area contributed by atoms with Crippen LogP contribution in [0.1, 0.15) is 24.5 Å². The summed E-state index contributed by atoms with van der Waals surface area (Å²) in [6.07, 6.45) is 0.797. The molecule has 0 atom stereocenters. The van der Waals surface area contributed by atoms with Gasteiger partial charge < -0.3 is 5.73 Å². The van der Waals surface area contributed by atoms with E-state index < -0.39 is 10.0 Å². The molecule has 0 unspecified atom stereocenters. The third-order valence-corrected chi connectivity index (χ3v) is 4.64. The molecular formula is C12H20N2O2S. The number of sulfonamides is 1. The van der Waals surface area contributed by atoms with Gasteiger partial charge in [0.15, 0.2) is 0 Å². The molecule has 0 amide bonds. The standard InChI is InChI=1S/C12H20N2O2S/c1-4-7-14(3)17(15,16)12-6-5-10(2)11(8-12)9-13/h5-6,8H,4,7,9,13H2,1-3H3. The highest BCUT2D eigenvalue weighted by Gasteiger charge is 2.20. The van der Waals surface area contributed by atoms with E-state index in [0.717, 1.165) is 17.5 Å². The molecule has 0 aliphatic heterocycles. The summed E-state index contributed by atoms with van der Waals surface area (Å²) in [6, 6.07) is 5.10. The molecule has 0 heterocycles. The third kappa shape index (κ3) is 3.06. The Morgan fingerprint density at radius 1 is 1.35 bits per heavy atom. The second-order valence-electron chi connectivity index (χ2n) is 4.12. The van der Waals surface area contributed by atoms with Crippen molar-refractivity contribution in [2.75, 3.05) is 13.6 Å². The summed E-state index contributed by atoms with van der Waals surface area (Å²) in [7, 11) is -1.77. The van der Waals surface area contributed by atoms with Crippen molar-refractivity contribution in [1.82, 2.24) is 4.31 Å². The lowest BCUT2D eigenvalue weighted by molar-refractivity contribution is 0.468. The molecule has 5 heteroatoms. The van der Waals surface area contributed by atoms with Crippen LogP contribution in [0, 0.1) is 6.92 Å². The zero-order valence-electron chi connectivity index (χ0n) is 10.6. The van der Waals surface area contributed by atoms with E-state index in [1.165, 1.54) is 4.31 Å². The predicted octanol–water partition coefficient (Wildman–Crippen LogP) is 1.48. The van der Waals surface area contributed by atoms with Gasteiger partial charge in [0.05, 0.1) is 4.90 Å². The zero-order valence-corrected chi connectivity index (χ0v) is 11.4. The molecule has 96 valence electrons. The molecule has 0 saturated heterocycles. The molecule has 0 saturated carbocycles. The van der Waals surface area contributed by atoms with Crippen molar-refractivity contribution in [2.24, 2.45) is 5.73 Å². The van der Waals surface area contributed by atoms with Gasteiger partial charge in [-0.05, 0) is 36.6 Å². The number of hydrogen-bond acceptors (Lipinski definition) is 3. The van der Waals surface area contributed by atoms with Gasteiger partial charge in [-0.3, -0.25) is 0 Å². The Hall–Kier alpha value is -0.910. The maximum Gasteiger partial charge on any atom is 0.242 e. The lowest BCUT2D eigenvalue weighted by atomic mass is 10.1. The van der Waals surface area contributed by atoms with Crippen molar-refractivity contribution in [1.29, 1.82) is 0 Å². The van der Waals surface area contributed by atoms with Crippen molar-refractivity contribution >= 4 is 10.0 Å². The van der Waals surface area contributed by atoms with Gasteiger partial charge in [0.25, 0.3) is 0 Å². The minimum absolute atomic E-state index is 0.319. The van der Waals surface area contributed by atoms with E-state index in [0.29, 0.717) is 18.0 Å². The first-order chi connectivity index (χ1) is 7.93. The monoisotopic (exact) mass is 256 g/mol. The van der Waals surface area contributed by atoms with Crippen LogP contribution < -0.4 is 5.73 Å². The molecular weight excluding hydrogens is 236 g/mol. The smallest absolute Gasteiger partial charge is 0.242 e. The molecule has 0 aliphatic rings. The largest absolute Gasteiger partial charge is 0.326 e. The van der Waals surface area contributed by atoms with Crippen LogP contribution >= 0.6 is 0 Å². The fourth-order valence-electron chi connectivity index (χ4n) is 1.64. The normalized spacial score (nSPS) is 12.1. The van der Waals surface area contributed by atoms with Gasteiger partial charge in [-0.15, -0.1) is 0 Å². The van der Waals surface area contributed by atoms with Gasteiger partial charge in [-0.1, -0.05) is 13.0 Å². The van der Waals surface area contributed by atoms with Gasteiger partial charge in [0.2, 0.25) is 10.0 Å². The fraction of sp³-hybridized carbons (Fsp3) is 0.500. The van der Waals surface area contributed by atoms with E-state index in [-0.39, 0.29) is 0 Å². The molecule has 1 aromatic carbocycles. The van der Waals surface area contributed by atoms with Crippen LogP contribution in [0.4, 0.5) is 0 Å². The second-order valence-corrected chi connectivity index (χ2v) is 6.16. The first-order valence-corrected chi connectivity index (χ1v) is 7.13. The van der Waals surface area contributed by atoms with Crippen molar-refractivity contribution in [3.8, 4) is 0 Å². The van der Waals surface area contributed by atoms with Crippen LogP contribution in [0.25, 0.3) is 0 Å². The van der Waals surface area contributed by atoms with E-state index in [9.17, 15) is 8.42 Å². The van der Waals surface area contributed by atoms with Gasteiger partial charge in [-0.2, -0.15) is 0 Å². The van der Waals surface area contributed by atoms with Crippen LogP contribution in [-0.4, -0.2) is 26.3 Å². The summed E-state index contributed by atoms with van der Waals surface area (Å²) >= 11 is 0. The Kier molecular flexibility index (Phi) is 4.68. The predicted molar refractivity (Wildman–Crippen MR) is 69.2 cm³/mol. The van der Waals surface area contributed by atoms with E-state index in [4.69, 9.17) is 5.73 Å². The minimum Gasteiger partial charge on any atom is -0.326 e. The van der Waals surface area contributed by atoms with Gasteiger partial charge in [0, 0.05) is 20.1 Å². The maximum absolute atomic E-state index is 12.2. The number of hydrogen-bond donors (Lipinski definition) is 1. The summed E-state index contributed by atoms with van der Waals surface area (Å²) in [5, 5.41) is 0. The molecule has 2 N–H and O–H groups in total. The summed E-state index contributed by atoms with van der Waals surface area (Å²) < 4.78 is 25.7. The van der Waals surface area contributed by atoms with Gasteiger partial charge in [-0.25, -0.2) is 12.7 Å². The molecule has 0 radical (unpaired) electrons. The zero-order chi connectivity index (χ0) is 13.1. The SMILES string of the molecule is CCCN(C)S(=O)(=O)c1ccc(C)c(CN)c1. The quantitative estimate of drug-likeness (QED) is 0.868. The maximum atomic E-state index is 12.2. The topological polar surface area (TPSA) is 63.4 Å². The summed E-state index contributed by atoms with van der Waals surface area (Å²) in [5.41, 5.74) is 7.48. The lowest BCUT2D eigenvalue weighted by Gasteiger charge is -2.17. The van der Waals surface area contributed by atoms with Crippen molar-refractivity contribution < 1.29 is 8.42 Å². The molecule has 17 heavy (non-hydrogen) atoms. The minimum atomic E-state index is -3.37. The molecule has 4 nitrogen and oxygen atoms in total. The molecule has 0 fully saturated rings. The second kappa shape index (κ2) is 5.62. The Morgan fingerprint density at radius 3 is 2.53 bits per heavy atom. The highest BCUT2D eigenvalue weighted by Crippen LogP contribution is 2.18. The van der Waals surface area contributed by atoms with E-state index in [1.807, 2.05) is 13.8 Å². The van der Waals surface area contributed by atoms with Crippen molar-refractivity contribution in [3.05, 3.63) is 29.3 Å². The number of nitrogens with two attached hydrogens (primary N) is 1. The Bertz CT molecular complexity index is 483. The van der Waals surface area contributed by atoms with E-state index in [1.54, 1.807) is 25.2 Å². The summed E-state index contributed by atoms with van der Waals surface area (Å²) in [5.74, 6) is 0. The number of rotatable bonds is 5. The summed E-state index contributed by atoms with van der Waals surface area (Å²) in [6.45, 7) is 4.75. The van der Waals surface area contributed by atoms with Crippen LogP contribution in [0.2, 0.25) is 0 Å². The van der Waals surface area contributed by atoms with E-state index >= 15 is 0 Å². The van der Waals surface area contributed by atoms with Crippen LogP contribution in [0.3, 0.4) is 0 Å². The average molecular weight is 256 g/mol. The highest BCUT2D eigenvalue weighted by atomic mass is 32.2. The Balaban J connectivity index is 3.15. The van der Waals surface area contributed by atoms with E-state index in [2.05, 4.69) is 0 Å². The van der Waals surface area contributed by atoms with Crippen LogP contribution in [0.5, 0.6) is 0 Å². The summed E-state index contributed by atoms with van der Waals surface area (Å²) in [4.78, 5) is 0.319. The van der Waals surface area contributed by atoms with Crippen molar-refractivity contribution in [3.63, 3.8) is 0 Å². The molecule has 0 spiro atoms. The Morgan fingerprint density at radius 2 is 2.00 bits per heavy atom. The molecule has 0 aromatic heterocycles. The first-order valence-electron chi connectivity index (χ1n) is 5.69. The number of aryl methyl sites for hydroxylation is 1. The highest BCUT2D eigenvalue weighted by molar-refractivity contribution is 7.89. The number of nitrogens with zero attached hydrogens (tertiary/aromatic N) is 1. The molecule has 0 aliphatic carbocycles. The average Bonchev–Trinajstić information content (AvgIpc) is 2.29. The third-order valence-electron chi connectivity index (χ3n) is 2.79.